The lowest BCUT2D eigenvalue weighted by Crippen LogP contribution is -2.74. The van der Waals surface area contributed by atoms with Crippen molar-refractivity contribution in [2.24, 2.45) is 0 Å². The number of allylic oxidation sites excluding steroid dienone is 2. The number of carboxylic acids is 3. The zero-order chi connectivity index (χ0) is 28.1. The first-order valence-corrected chi connectivity index (χ1v) is 14.9. The summed E-state index contributed by atoms with van der Waals surface area (Å²) < 4.78 is -0.441. The Labute approximate surface area is 225 Å². The fraction of sp³-hybridized carbons (Fsp3) is 0.833. The van der Waals surface area contributed by atoms with E-state index in [9.17, 15) is 29.7 Å². The van der Waals surface area contributed by atoms with Crippen LogP contribution in [-0.2, 0) is 14.4 Å². The van der Waals surface area contributed by atoms with Crippen molar-refractivity contribution >= 4 is 17.9 Å². The third-order valence-electron chi connectivity index (χ3n) is 7.58. The summed E-state index contributed by atoms with van der Waals surface area (Å²) >= 11 is 0. The average Bonchev–Trinajstić information content (AvgIpc) is 2.85. The van der Waals surface area contributed by atoms with Crippen LogP contribution in [0.4, 0.5) is 0 Å². The number of hydrogen-bond acceptors (Lipinski definition) is 4. The fourth-order valence-electron chi connectivity index (χ4n) is 5.74. The number of hydrogen-bond donors (Lipinski definition) is 2. The lowest BCUT2D eigenvalue weighted by Gasteiger charge is -2.52. The van der Waals surface area contributed by atoms with Gasteiger partial charge >= 0.3 is 11.9 Å². The molecule has 0 aliphatic carbocycles. The molecule has 7 heteroatoms. The Balaban J connectivity index is 5.49. The van der Waals surface area contributed by atoms with E-state index >= 15 is 0 Å². The molecular formula is C30H55NO6. The maximum absolute atomic E-state index is 12.5. The van der Waals surface area contributed by atoms with Crippen LogP contribution in [0.15, 0.2) is 12.2 Å². The number of rotatable bonds is 25. The number of quaternary nitrogens is 1. The van der Waals surface area contributed by atoms with Gasteiger partial charge in [-0.2, -0.15) is 0 Å². The number of carboxylic acid groups (broad SMARTS) is 3. The Kier molecular flexibility index (Phi) is 20.0. The van der Waals surface area contributed by atoms with Gasteiger partial charge < -0.3 is 20.1 Å². The molecule has 0 fully saturated rings. The molecule has 0 spiro atoms. The lowest BCUT2D eigenvalue weighted by atomic mass is 9.91. The SMILES string of the molecule is CCCCCC/C=C/CCCCCCC[N+](C(CCC)C(=O)[O-])(C(CCC)C(=O)O)C(CCC)C(=O)O. The van der Waals surface area contributed by atoms with Gasteiger partial charge in [-0.15, -0.1) is 0 Å². The first-order valence-electron chi connectivity index (χ1n) is 14.9. The van der Waals surface area contributed by atoms with Crippen LogP contribution in [0.3, 0.4) is 0 Å². The third-order valence-corrected chi connectivity index (χ3v) is 7.58. The van der Waals surface area contributed by atoms with E-state index < -0.39 is 40.5 Å². The van der Waals surface area contributed by atoms with Gasteiger partial charge in [0.05, 0.1) is 12.5 Å². The molecule has 0 amide bonds. The summed E-state index contributed by atoms with van der Waals surface area (Å²) in [6, 6.07) is -3.34. The van der Waals surface area contributed by atoms with Crippen molar-refractivity contribution < 1.29 is 34.2 Å². The second-order valence-electron chi connectivity index (χ2n) is 10.5. The zero-order valence-electron chi connectivity index (χ0n) is 24.1. The van der Waals surface area contributed by atoms with Gasteiger partial charge in [-0.1, -0.05) is 78.4 Å². The highest BCUT2D eigenvalue weighted by Crippen LogP contribution is 2.34. The Morgan fingerprint density at radius 2 is 1.03 bits per heavy atom. The predicted octanol–water partition coefficient (Wildman–Crippen LogP) is 6.10. The molecule has 0 aromatic heterocycles. The van der Waals surface area contributed by atoms with Crippen molar-refractivity contribution in [2.75, 3.05) is 6.54 Å². The highest BCUT2D eigenvalue weighted by Gasteiger charge is 2.54. The monoisotopic (exact) mass is 525 g/mol. The first-order chi connectivity index (χ1) is 17.7. The average molecular weight is 526 g/mol. The van der Waals surface area contributed by atoms with E-state index in [0.29, 0.717) is 25.7 Å². The second-order valence-corrected chi connectivity index (χ2v) is 10.5. The van der Waals surface area contributed by atoms with Gasteiger partial charge in [0.25, 0.3) is 0 Å². The van der Waals surface area contributed by atoms with Crippen LogP contribution >= 0.6 is 0 Å². The van der Waals surface area contributed by atoms with Crippen LogP contribution in [-0.4, -0.2) is 57.3 Å². The summed E-state index contributed by atoms with van der Waals surface area (Å²) in [5.41, 5.74) is 0. The molecule has 3 atom stereocenters. The maximum Gasteiger partial charge on any atom is 0.362 e. The smallest absolute Gasteiger partial charge is 0.362 e. The van der Waals surface area contributed by atoms with Crippen LogP contribution < -0.4 is 5.11 Å². The molecule has 0 aliphatic rings. The third kappa shape index (κ3) is 12.5. The minimum absolute atomic E-state index is 0.202. The highest BCUT2D eigenvalue weighted by molar-refractivity contribution is 5.77. The van der Waals surface area contributed by atoms with Gasteiger partial charge in [0.15, 0.2) is 12.1 Å². The van der Waals surface area contributed by atoms with E-state index in [2.05, 4.69) is 19.1 Å². The molecule has 2 N–H and O–H groups in total. The van der Waals surface area contributed by atoms with Gasteiger partial charge in [-0.25, -0.2) is 9.59 Å². The second kappa shape index (κ2) is 21.1. The number of unbranched alkanes of at least 4 members (excludes halogenated alkanes) is 9. The Morgan fingerprint density at radius 3 is 1.43 bits per heavy atom. The van der Waals surface area contributed by atoms with Gasteiger partial charge in [0.1, 0.15) is 6.04 Å². The molecular weight excluding hydrogens is 470 g/mol. The van der Waals surface area contributed by atoms with Crippen molar-refractivity contribution in [3.8, 4) is 0 Å². The van der Waals surface area contributed by atoms with Gasteiger partial charge in [0, 0.05) is 19.3 Å². The van der Waals surface area contributed by atoms with Crippen LogP contribution in [0.5, 0.6) is 0 Å². The molecule has 3 unspecified atom stereocenters. The molecule has 0 rings (SSSR count). The van der Waals surface area contributed by atoms with Crippen molar-refractivity contribution in [3.63, 3.8) is 0 Å². The summed E-state index contributed by atoms with van der Waals surface area (Å²) in [7, 11) is 0. The van der Waals surface area contributed by atoms with E-state index in [1.54, 1.807) is 0 Å². The molecule has 0 aromatic carbocycles. The molecule has 0 aliphatic heterocycles. The van der Waals surface area contributed by atoms with Crippen molar-refractivity contribution in [2.45, 2.75) is 155 Å². The summed E-state index contributed by atoms with van der Waals surface area (Å²) in [5, 5.41) is 32.8. The topological polar surface area (TPSA) is 115 Å². The number of carbonyl (C=O) groups is 3. The standard InChI is InChI=1S/C30H55NO6/c1-5-9-10-11-12-13-14-15-16-17-18-19-20-24-31(25(21-6-2)28(32)33,26(22-7-3)29(34)35)27(23-8-4)30(36)37/h13-14,25-27H,5-12,15-24H2,1-4H3,(H2-,32,33,34,35,36,37)/b14-13+. The minimum atomic E-state index is -1.34. The minimum Gasteiger partial charge on any atom is -0.544 e. The number of carbonyl (C=O) groups excluding carboxylic acids is 1. The van der Waals surface area contributed by atoms with Crippen molar-refractivity contribution in [3.05, 3.63) is 12.2 Å². The van der Waals surface area contributed by atoms with Crippen LogP contribution in [0.25, 0.3) is 0 Å². The summed E-state index contributed by atoms with van der Waals surface area (Å²) in [5.74, 6) is -3.57. The van der Waals surface area contributed by atoms with E-state index in [1.807, 2.05) is 20.8 Å². The van der Waals surface area contributed by atoms with Gasteiger partial charge in [-0.05, 0) is 51.4 Å². The van der Waals surface area contributed by atoms with Crippen molar-refractivity contribution in [1.29, 1.82) is 0 Å². The molecule has 0 saturated heterocycles. The van der Waals surface area contributed by atoms with E-state index in [-0.39, 0.29) is 25.8 Å². The quantitative estimate of drug-likeness (QED) is 0.0846. The first kappa shape index (κ1) is 35.1. The molecule has 0 radical (unpaired) electrons. The Hall–Kier alpha value is -1.89. The van der Waals surface area contributed by atoms with E-state index in [4.69, 9.17) is 0 Å². The molecule has 216 valence electrons. The Morgan fingerprint density at radius 1 is 0.622 bits per heavy atom. The summed E-state index contributed by atoms with van der Waals surface area (Å²) in [6.45, 7) is 7.99. The lowest BCUT2D eigenvalue weighted by molar-refractivity contribution is -0.975. The summed E-state index contributed by atoms with van der Waals surface area (Å²) in [4.78, 5) is 37.4. The normalized spacial score (nSPS) is 15.8. The van der Waals surface area contributed by atoms with E-state index in [1.165, 1.54) is 25.7 Å². The van der Waals surface area contributed by atoms with Crippen LogP contribution in [0.2, 0.25) is 0 Å². The van der Waals surface area contributed by atoms with Gasteiger partial charge in [0.2, 0.25) is 0 Å². The highest BCUT2D eigenvalue weighted by atomic mass is 16.4. The molecule has 7 nitrogen and oxygen atoms in total. The zero-order valence-corrected chi connectivity index (χ0v) is 24.1. The predicted molar refractivity (Wildman–Crippen MR) is 147 cm³/mol. The number of nitrogens with zero attached hydrogens (tertiary/aromatic N) is 1. The van der Waals surface area contributed by atoms with Gasteiger partial charge in [-0.3, -0.25) is 4.48 Å². The van der Waals surface area contributed by atoms with Crippen molar-refractivity contribution in [1.82, 2.24) is 0 Å². The molecule has 0 aromatic rings. The largest absolute Gasteiger partial charge is 0.544 e. The van der Waals surface area contributed by atoms with E-state index in [0.717, 1.165) is 38.5 Å². The maximum atomic E-state index is 12.5. The van der Waals surface area contributed by atoms with Crippen LogP contribution in [0, 0.1) is 0 Å². The molecule has 0 saturated carbocycles. The molecule has 37 heavy (non-hydrogen) atoms. The number of aliphatic carboxylic acids is 3. The fourth-order valence-corrected chi connectivity index (χ4v) is 5.74. The van der Waals surface area contributed by atoms with Crippen LogP contribution in [0.1, 0.15) is 137 Å². The molecule has 0 heterocycles. The Bertz CT molecular complexity index is 603. The molecule has 0 bridgehead atoms. The summed E-state index contributed by atoms with van der Waals surface area (Å²) in [6.07, 6.45) is 18.6.